The maximum absolute atomic E-state index is 12.3. The number of hydrogen-bond donors (Lipinski definition) is 0. The molecule has 0 aliphatic heterocycles. The highest BCUT2D eigenvalue weighted by atomic mass is 79.9. The average Bonchev–Trinajstić information content (AvgIpc) is 2.59. The first kappa shape index (κ1) is 19.6. The highest BCUT2D eigenvalue weighted by molar-refractivity contribution is 9.10. The standard InChI is InChI=1S/C16H15BrO7/c1-3-16(17,24-14(20)9-8-13(19)22-2)15(21)23-12-7-5-4-6-11(12)10-18/h4-10H,3H2,1-2H3/b9-8-. The van der Waals surface area contributed by atoms with Crippen molar-refractivity contribution >= 4 is 40.1 Å². The lowest BCUT2D eigenvalue weighted by Crippen LogP contribution is -2.39. The van der Waals surface area contributed by atoms with Crippen LogP contribution in [0.5, 0.6) is 5.75 Å². The number of para-hydroxylation sites is 1. The summed E-state index contributed by atoms with van der Waals surface area (Å²) < 4.78 is 12.7. The van der Waals surface area contributed by atoms with Gasteiger partial charge in [-0.25, -0.2) is 14.4 Å². The van der Waals surface area contributed by atoms with Crippen molar-refractivity contribution in [2.75, 3.05) is 7.11 Å². The van der Waals surface area contributed by atoms with Crippen LogP contribution in [0.25, 0.3) is 0 Å². The van der Waals surface area contributed by atoms with E-state index in [0.717, 1.165) is 19.3 Å². The maximum atomic E-state index is 12.3. The molecule has 0 aliphatic rings. The second kappa shape index (κ2) is 8.97. The number of carbonyl (C=O) groups excluding carboxylic acids is 4. The Morgan fingerprint density at radius 3 is 2.38 bits per heavy atom. The molecule has 0 saturated carbocycles. The van der Waals surface area contributed by atoms with Crippen molar-refractivity contribution in [1.82, 2.24) is 0 Å². The number of esters is 3. The molecule has 24 heavy (non-hydrogen) atoms. The van der Waals surface area contributed by atoms with Crippen LogP contribution in [0.2, 0.25) is 0 Å². The molecule has 0 aromatic heterocycles. The molecular weight excluding hydrogens is 384 g/mol. The zero-order valence-corrected chi connectivity index (χ0v) is 14.6. The number of halogens is 1. The second-order valence-electron chi connectivity index (χ2n) is 4.40. The van der Waals surface area contributed by atoms with Crippen LogP contribution in [-0.4, -0.2) is 35.8 Å². The molecular formula is C16H15BrO7. The normalized spacial score (nSPS) is 13.0. The van der Waals surface area contributed by atoms with Crippen LogP contribution in [0.3, 0.4) is 0 Å². The highest BCUT2D eigenvalue weighted by Crippen LogP contribution is 2.28. The highest BCUT2D eigenvalue weighted by Gasteiger charge is 2.40. The molecule has 1 aromatic carbocycles. The molecule has 128 valence electrons. The zero-order chi connectivity index (χ0) is 18.2. The topological polar surface area (TPSA) is 96.0 Å². The Kier molecular flexibility index (Phi) is 7.31. The van der Waals surface area contributed by atoms with Gasteiger partial charge in [0.15, 0.2) is 6.29 Å². The molecule has 1 aromatic rings. The minimum absolute atomic E-state index is 0.0379. The molecule has 1 unspecified atom stereocenters. The fraction of sp³-hybridized carbons (Fsp3) is 0.250. The monoisotopic (exact) mass is 398 g/mol. The third-order valence-corrected chi connectivity index (χ3v) is 3.87. The lowest BCUT2D eigenvalue weighted by molar-refractivity contribution is -0.162. The Labute approximate surface area is 146 Å². The van der Waals surface area contributed by atoms with E-state index in [1.54, 1.807) is 19.1 Å². The molecule has 1 rings (SSSR count). The Hall–Kier alpha value is -2.48. The first-order chi connectivity index (χ1) is 11.4. The van der Waals surface area contributed by atoms with E-state index < -0.39 is 22.4 Å². The number of benzene rings is 1. The van der Waals surface area contributed by atoms with Gasteiger partial charge in [-0.1, -0.05) is 19.1 Å². The number of alkyl halides is 1. The van der Waals surface area contributed by atoms with Crippen LogP contribution in [0.1, 0.15) is 23.7 Å². The van der Waals surface area contributed by atoms with Gasteiger partial charge in [0, 0.05) is 18.6 Å². The van der Waals surface area contributed by atoms with Crippen LogP contribution < -0.4 is 4.74 Å². The fourth-order valence-electron chi connectivity index (χ4n) is 1.50. The summed E-state index contributed by atoms with van der Waals surface area (Å²) in [7, 11) is 1.15. The summed E-state index contributed by atoms with van der Waals surface area (Å²) in [5.74, 6) is -2.57. The van der Waals surface area contributed by atoms with Crippen molar-refractivity contribution in [2.45, 2.75) is 17.9 Å². The SMILES string of the molecule is CCC(Br)(OC(=O)/C=C\C(=O)OC)C(=O)Oc1ccccc1C=O. The van der Waals surface area contributed by atoms with Crippen molar-refractivity contribution in [3.8, 4) is 5.75 Å². The summed E-state index contributed by atoms with van der Waals surface area (Å²) in [5, 5.41) is 0. The van der Waals surface area contributed by atoms with E-state index in [9.17, 15) is 19.2 Å². The Morgan fingerprint density at radius 2 is 1.79 bits per heavy atom. The lowest BCUT2D eigenvalue weighted by atomic mass is 10.2. The van der Waals surface area contributed by atoms with Gasteiger partial charge >= 0.3 is 17.9 Å². The molecule has 1 atom stereocenters. The number of methoxy groups -OCH3 is 1. The molecule has 0 aliphatic carbocycles. The molecule has 0 bridgehead atoms. The van der Waals surface area contributed by atoms with E-state index in [2.05, 4.69) is 20.7 Å². The van der Waals surface area contributed by atoms with Gasteiger partial charge in [-0.3, -0.25) is 4.79 Å². The number of hydrogen-bond acceptors (Lipinski definition) is 7. The first-order valence-corrected chi connectivity index (χ1v) is 7.60. The quantitative estimate of drug-likeness (QED) is 0.228. The van der Waals surface area contributed by atoms with Crippen LogP contribution in [0.15, 0.2) is 36.4 Å². The van der Waals surface area contributed by atoms with Crippen LogP contribution in [-0.2, 0) is 23.9 Å². The van der Waals surface area contributed by atoms with Crippen molar-refractivity contribution in [2.24, 2.45) is 0 Å². The number of carbonyl (C=O) groups is 4. The Bertz CT molecular complexity index is 668. The third-order valence-electron chi connectivity index (χ3n) is 2.83. The molecule has 0 N–H and O–H groups in total. The van der Waals surface area contributed by atoms with Crippen LogP contribution >= 0.6 is 15.9 Å². The van der Waals surface area contributed by atoms with E-state index >= 15 is 0 Å². The molecule has 8 heteroatoms. The summed E-state index contributed by atoms with van der Waals surface area (Å²) in [6.07, 6.45) is 2.27. The van der Waals surface area contributed by atoms with Gasteiger partial charge < -0.3 is 14.2 Å². The number of aldehydes is 1. The van der Waals surface area contributed by atoms with Gasteiger partial charge in [0.1, 0.15) is 5.75 Å². The molecule has 0 saturated heterocycles. The van der Waals surface area contributed by atoms with Gasteiger partial charge in [-0.15, -0.1) is 0 Å². The first-order valence-electron chi connectivity index (χ1n) is 6.80. The van der Waals surface area contributed by atoms with Gasteiger partial charge in [0.2, 0.25) is 0 Å². The average molecular weight is 399 g/mol. The van der Waals surface area contributed by atoms with E-state index in [-0.39, 0.29) is 17.7 Å². The van der Waals surface area contributed by atoms with Gasteiger partial charge in [0.25, 0.3) is 4.51 Å². The summed E-state index contributed by atoms with van der Waals surface area (Å²) in [5.41, 5.74) is 0.175. The van der Waals surface area contributed by atoms with Crippen LogP contribution in [0, 0.1) is 0 Å². The summed E-state index contributed by atoms with van der Waals surface area (Å²) >= 11 is 3.02. The van der Waals surface area contributed by atoms with E-state index in [0.29, 0.717) is 6.29 Å². The predicted molar refractivity (Wildman–Crippen MR) is 86.7 cm³/mol. The minimum atomic E-state index is -1.76. The number of rotatable bonds is 7. The van der Waals surface area contributed by atoms with E-state index in [1.807, 2.05) is 0 Å². The zero-order valence-electron chi connectivity index (χ0n) is 13.0. The lowest BCUT2D eigenvalue weighted by Gasteiger charge is -2.23. The summed E-state index contributed by atoms with van der Waals surface area (Å²) in [4.78, 5) is 45.9. The van der Waals surface area contributed by atoms with Crippen molar-refractivity contribution in [3.05, 3.63) is 42.0 Å². The minimum Gasteiger partial charge on any atom is -0.466 e. The summed E-state index contributed by atoms with van der Waals surface area (Å²) in [6, 6.07) is 6.11. The van der Waals surface area contributed by atoms with Crippen molar-refractivity contribution in [3.63, 3.8) is 0 Å². The smallest absolute Gasteiger partial charge is 0.367 e. The van der Waals surface area contributed by atoms with Crippen LogP contribution in [0.4, 0.5) is 0 Å². The molecule has 0 fully saturated rings. The summed E-state index contributed by atoms with van der Waals surface area (Å²) in [6.45, 7) is 1.58. The maximum Gasteiger partial charge on any atom is 0.367 e. The van der Waals surface area contributed by atoms with Crippen molar-refractivity contribution < 1.29 is 33.4 Å². The third kappa shape index (κ3) is 5.31. The molecule has 0 radical (unpaired) electrons. The predicted octanol–water partition coefficient (Wildman–Crippen LogP) is 2.18. The Balaban J connectivity index is 2.87. The van der Waals surface area contributed by atoms with Gasteiger partial charge in [-0.05, 0) is 28.1 Å². The van der Waals surface area contributed by atoms with Gasteiger partial charge in [-0.2, -0.15) is 0 Å². The van der Waals surface area contributed by atoms with E-state index in [1.165, 1.54) is 12.1 Å². The largest absolute Gasteiger partial charge is 0.466 e. The fourth-order valence-corrected chi connectivity index (χ4v) is 1.74. The van der Waals surface area contributed by atoms with Crippen molar-refractivity contribution in [1.29, 1.82) is 0 Å². The molecule has 0 heterocycles. The number of ether oxygens (including phenoxy) is 3. The van der Waals surface area contributed by atoms with Gasteiger partial charge in [0.05, 0.1) is 12.7 Å². The Morgan fingerprint density at radius 1 is 1.17 bits per heavy atom. The molecule has 7 nitrogen and oxygen atoms in total. The molecule has 0 amide bonds. The second-order valence-corrected chi connectivity index (χ2v) is 5.69. The molecule has 0 spiro atoms. The van der Waals surface area contributed by atoms with E-state index in [4.69, 9.17) is 9.47 Å².